The maximum Gasteiger partial charge on any atom is 0.215 e. The number of pyridine rings is 1. The molecule has 3 nitrogen and oxygen atoms in total. The van der Waals surface area contributed by atoms with Crippen LogP contribution in [0.3, 0.4) is 0 Å². The number of hydrogen-bond acceptors (Lipinski definition) is 3. The third-order valence-electron chi connectivity index (χ3n) is 1.05. The van der Waals surface area contributed by atoms with Crippen LogP contribution in [0.5, 0.6) is 0 Å². The molecule has 0 saturated heterocycles. The van der Waals surface area contributed by atoms with E-state index in [2.05, 4.69) is 16.7 Å². The van der Waals surface area contributed by atoms with Gasteiger partial charge in [0.15, 0.2) is 0 Å². The first-order chi connectivity index (χ1) is 5.74. The Morgan fingerprint density at radius 1 is 1.58 bits per heavy atom. The van der Waals surface area contributed by atoms with Crippen LogP contribution in [0, 0.1) is 5.95 Å². The summed E-state index contributed by atoms with van der Waals surface area (Å²) in [7, 11) is 0. The van der Waals surface area contributed by atoms with Gasteiger partial charge in [0.25, 0.3) is 0 Å². The van der Waals surface area contributed by atoms with Gasteiger partial charge >= 0.3 is 0 Å². The molecule has 0 atom stereocenters. The molecule has 0 spiro atoms. The van der Waals surface area contributed by atoms with E-state index >= 15 is 0 Å². The van der Waals surface area contributed by atoms with Crippen LogP contribution in [0.4, 0.5) is 15.8 Å². The van der Waals surface area contributed by atoms with Gasteiger partial charge < -0.3 is 5.73 Å². The molecule has 0 aliphatic heterocycles. The molecule has 1 rings (SSSR count). The summed E-state index contributed by atoms with van der Waals surface area (Å²) >= 11 is 0. The average Bonchev–Trinajstić information content (AvgIpc) is 2.13. The largest absolute Gasteiger partial charge is 0.396 e. The lowest BCUT2D eigenvalue weighted by atomic mass is 10.3. The fourth-order valence-corrected chi connectivity index (χ4v) is 0.568. The molecule has 12 heavy (non-hydrogen) atoms. The van der Waals surface area contributed by atoms with E-state index < -0.39 is 5.95 Å². The number of halogens is 1. The van der Waals surface area contributed by atoms with Gasteiger partial charge in [0.1, 0.15) is 0 Å². The molecule has 1 aromatic rings. The second kappa shape index (κ2) is 5.23. The highest BCUT2D eigenvalue weighted by molar-refractivity contribution is 5.63. The topological polar surface area (TPSA) is 51.3 Å². The quantitative estimate of drug-likeness (QED) is 0.517. The van der Waals surface area contributed by atoms with Gasteiger partial charge in [0, 0.05) is 6.07 Å². The predicted octanol–water partition coefficient (Wildman–Crippen LogP) is 2.16. The summed E-state index contributed by atoms with van der Waals surface area (Å²) in [6.07, 6.45) is 1.21. The molecule has 4 heteroatoms. The zero-order valence-electron chi connectivity index (χ0n) is 7.21. The number of aromatic nitrogens is 1. The van der Waals surface area contributed by atoms with Gasteiger partial charge in [-0.15, -0.1) is 0 Å². The molecule has 1 aromatic heterocycles. The maximum absolute atomic E-state index is 12.3. The molecule has 0 fully saturated rings. The number of hydrogen-bond donors (Lipinski definition) is 1. The first kappa shape index (κ1) is 10.6. The van der Waals surface area contributed by atoms with Gasteiger partial charge in [0.05, 0.1) is 17.6 Å². The minimum atomic E-state index is -0.600. The van der Waals surface area contributed by atoms with E-state index in [1.54, 1.807) is 0 Å². The molecule has 66 valence electrons. The van der Waals surface area contributed by atoms with E-state index in [1.165, 1.54) is 6.20 Å². The van der Waals surface area contributed by atoms with Gasteiger partial charge in [0.2, 0.25) is 5.95 Å². The highest BCUT2D eigenvalue weighted by atomic mass is 19.1. The van der Waals surface area contributed by atoms with Crippen molar-refractivity contribution < 1.29 is 4.39 Å². The highest BCUT2D eigenvalue weighted by Gasteiger charge is 1.97. The normalized spacial score (nSPS) is 8.25. The fraction of sp³-hybridized carbons (Fsp3) is 0.250. The second-order valence-corrected chi connectivity index (χ2v) is 1.72. The van der Waals surface area contributed by atoms with Crippen molar-refractivity contribution in [3.8, 4) is 0 Å². The van der Waals surface area contributed by atoms with Crippen molar-refractivity contribution >= 4 is 18.1 Å². The van der Waals surface area contributed by atoms with Crippen molar-refractivity contribution in [2.45, 2.75) is 13.8 Å². The molecule has 0 unspecified atom stereocenters. The molecule has 0 saturated carbocycles. The first-order valence-electron chi connectivity index (χ1n) is 3.62. The Morgan fingerprint density at radius 3 is 2.58 bits per heavy atom. The number of rotatable bonds is 1. The van der Waals surface area contributed by atoms with Gasteiger partial charge in [-0.2, -0.15) is 4.39 Å². The lowest BCUT2D eigenvalue weighted by molar-refractivity contribution is 0.584. The number of nitrogen functional groups attached to an aromatic ring is 1. The summed E-state index contributed by atoms with van der Waals surface area (Å²) in [5.74, 6) is -0.600. The lowest BCUT2D eigenvalue weighted by Gasteiger charge is -1.95. The molecule has 0 radical (unpaired) electrons. The van der Waals surface area contributed by atoms with Crippen molar-refractivity contribution in [1.82, 2.24) is 4.98 Å². The van der Waals surface area contributed by atoms with Crippen molar-refractivity contribution in [2.24, 2.45) is 4.99 Å². The number of aliphatic imine (C=N–C) groups is 1. The minimum absolute atomic E-state index is 0.326. The Labute approximate surface area is 71.2 Å². The van der Waals surface area contributed by atoms with Crippen molar-refractivity contribution in [3.05, 3.63) is 18.2 Å². The van der Waals surface area contributed by atoms with Gasteiger partial charge in [-0.1, -0.05) is 13.8 Å². The Bertz CT molecular complexity index is 260. The Kier molecular flexibility index (Phi) is 4.60. The van der Waals surface area contributed by atoms with Gasteiger partial charge in [-0.05, 0) is 6.72 Å². The predicted molar refractivity (Wildman–Crippen MR) is 49.2 cm³/mol. The lowest BCUT2D eigenvalue weighted by Crippen LogP contribution is -1.88. The standard InChI is InChI=1S/C6H6FN3.C2H6/c1-9-5-2-6(7)10-3-4(5)8;1-2/h2-3H,1,8H2;1-2H3. The molecule has 1 heterocycles. The van der Waals surface area contributed by atoms with Crippen LogP contribution in [-0.4, -0.2) is 11.7 Å². The summed E-state index contributed by atoms with van der Waals surface area (Å²) in [4.78, 5) is 6.78. The van der Waals surface area contributed by atoms with Crippen molar-refractivity contribution in [3.63, 3.8) is 0 Å². The molecule has 0 aliphatic carbocycles. The minimum Gasteiger partial charge on any atom is -0.396 e. The van der Waals surface area contributed by atoms with E-state index in [4.69, 9.17) is 5.73 Å². The zero-order chi connectivity index (χ0) is 9.56. The summed E-state index contributed by atoms with van der Waals surface area (Å²) in [6, 6.07) is 1.13. The SMILES string of the molecule is C=Nc1cc(F)ncc1N.CC. The molecule has 0 amide bonds. The molecular weight excluding hydrogens is 157 g/mol. The summed E-state index contributed by atoms with van der Waals surface area (Å²) in [5, 5.41) is 0. The highest BCUT2D eigenvalue weighted by Crippen LogP contribution is 2.19. The zero-order valence-corrected chi connectivity index (χ0v) is 7.21. The van der Waals surface area contributed by atoms with Crippen LogP contribution in [0.1, 0.15) is 13.8 Å². The summed E-state index contributed by atoms with van der Waals surface area (Å²) < 4.78 is 12.3. The van der Waals surface area contributed by atoms with E-state index in [0.717, 1.165) is 6.07 Å². The van der Waals surface area contributed by atoms with Crippen LogP contribution in [-0.2, 0) is 0 Å². The summed E-state index contributed by atoms with van der Waals surface area (Å²) in [6.45, 7) is 7.21. The van der Waals surface area contributed by atoms with E-state index in [1.807, 2.05) is 13.8 Å². The van der Waals surface area contributed by atoms with Crippen LogP contribution in [0.25, 0.3) is 0 Å². The van der Waals surface area contributed by atoms with Gasteiger partial charge in [-0.25, -0.2) is 4.98 Å². The molecule has 0 aromatic carbocycles. The third kappa shape index (κ3) is 2.65. The Balaban J connectivity index is 0.000000561. The van der Waals surface area contributed by atoms with Crippen molar-refractivity contribution in [2.75, 3.05) is 5.73 Å². The first-order valence-corrected chi connectivity index (χ1v) is 3.62. The average molecular weight is 169 g/mol. The smallest absolute Gasteiger partial charge is 0.215 e. The second-order valence-electron chi connectivity index (χ2n) is 1.72. The van der Waals surface area contributed by atoms with E-state index in [9.17, 15) is 4.39 Å². The fourth-order valence-electron chi connectivity index (χ4n) is 0.568. The Hall–Kier alpha value is -1.45. The number of nitrogens with two attached hydrogens (primary N) is 1. The van der Waals surface area contributed by atoms with Crippen LogP contribution in [0.15, 0.2) is 17.3 Å². The molecule has 0 bridgehead atoms. The van der Waals surface area contributed by atoms with Crippen molar-refractivity contribution in [1.29, 1.82) is 0 Å². The number of nitrogens with zero attached hydrogens (tertiary/aromatic N) is 2. The van der Waals surface area contributed by atoms with Crippen LogP contribution >= 0.6 is 0 Å². The third-order valence-corrected chi connectivity index (χ3v) is 1.05. The Morgan fingerprint density at radius 2 is 2.17 bits per heavy atom. The van der Waals surface area contributed by atoms with E-state index in [-0.39, 0.29) is 0 Å². The maximum atomic E-state index is 12.3. The monoisotopic (exact) mass is 169 g/mol. The molecule has 2 N–H and O–H groups in total. The van der Waals surface area contributed by atoms with Gasteiger partial charge in [-0.3, -0.25) is 4.99 Å². The van der Waals surface area contributed by atoms with Crippen LogP contribution < -0.4 is 5.73 Å². The molecule has 0 aliphatic rings. The molecular formula is C8H12FN3. The van der Waals surface area contributed by atoms with E-state index in [0.29, 0.717) is 11.4 Å². The number of anilines is 1. The summed E-state index contributed by atoms with van der Waals surface area (Å²) in [5.41, 5.74) is 5.99. The van der Waals surface area contributed by atoms with Crippen LogP contribution in [0.2, 0.25) is 0 Å².